The second-order valence-electron chi connectivity index (χ2n) is 4.23. The Labute approximate surface area is 117 Å². The first-order valence-electron chi connectivity index (χ1n) is 6.17. The molecule has 0 aliphatic heterocycles. The summed E-state index contributed by atoms with van der Waals surface area (Å²) < 4.78 is 4.71. The van der Waals surface area contributed by atoms with Crippen LogP contribution in [0.4, 0.5) is 0 Å². The summed E-state index contributed by atoms with van der Waals surface area (Å²) in [5, 5.41) is 6.52. The highest BCUT2D eigenvalue weighted by Gasteiger charge is 2.11. The van der Waals surface area contributed by atoms with Crippen molar-refractivity contribution in [2.24, 2.45) is 5.73 Å². The van der Waals surface area contributed by atoms with Gasteiger partial charge in [-0.25, -0.2) is 0 Å². The van der Waals surface area contributed by atoms with Gasteiger partial charge in [0, 0.05) is 11.6 Å². The predicted molar refractivity (Wildman–Crippen MR) is 74.8 cm³/mol. The summed E-state index contributed by atoms with van der Waals surface area (Å²) >= 11 is 0. The fourth-order valence-electron chi connectivity index (χ4n) is 1.70. The number of benzene rings is 1. The van der Waals surface area contributed by atoms with Crippen molar-refractivity contribution in [3.63, 3.8) is 0 Å². The number of nitrogens with one attached hydrogen (secondary N) is 1. The highest BCUT2D eigenvalue weighted by Crippen LogP contribution is 2.11. The summed E-state index contributed by atoms with van der Waals surface area (Å²) in [6.45, 7) is 2.50. The quantitative estimate of drug-likeness (QED) is 0.821. The van der Waals surface area contributed by atoms with Gasteiger partial charge >= 0.3 is 0 Å². The van der Waals surface area contributed by atoms with Crippen LogP contribution >= 0.6 is 0 Å². The monoisotopic (exact) mass is 269 g/mol. The molecule has 0 aliphatic rings. The number of amides is 1. The molecule has 0 fully saturated rings. The number of rotatable bonds is 3. The van der Waals surface area contributed by atoms with Gasteiger partial charge in [-0.15, -0.1) is 0 Å². The molecule has 0 unspecified atom stereocenters. The first-order valence-corrected chi connectivity index (χ1v) is 6.17. The first-order chi connectivity index (χ1) is 9.70. The second-order valence-corrected chi connectivity index (χ2v) is 4.23. The summed E-state index contributed by atoms with van der Waals surface area (Å²) in [6.07, 6.45) is 1.46. The Hall–Kier alpha value is -2.58. The number of nitrogens with two attached hydrogens (primary N) is 1. The molecule has 2 aromatic rings. The number of carbonyl (C=O) groups is 1. The van der Waals surface area contributed by atoms with Crippen molar-refractivity contribution in [2.75, 3.05) is 6.54 Å². The van der Waals surface area contributed by atoms with Crippen LogP contribution in [0.2, 0.25) is 0 Å². The van der Waals surface area contributed by atoms with Gasteiger partial charge in [0.2, 0.25) is 0 Å². The van der Waals surface area contributed by atoms with Gasteiger partial charge in [-0.05, 0) is 19.1 Å². The van der Waals surface area contributed by atoms with E-state index in [1.54, 1.807) is 12.1 Å². The van der Waals surface area contributed by atoms with Crippen LogP contribution in [0.1, 0.15) is 27.2 Å². The summed E-state index contributed by atoms with van der Waals surface area (Å²) in [7, 11) is 0. The zero-order chi connectivity index (χ0) is 14.4. The SMILES string of the molecule is Cc1ccc(C#CCN)c(C(=O)NCc2ccon2)c1. The molecule has 1 aromatic heterocycles. The van der Waals surface area contributed by atoms with E-state index in [1.165, 1.54) is 6.26 Å². The Morgan fingerprint density at radius 3 is 3.00 bits per heavy atom. The Bertz CT molecular complexity index is 651. The van der Waals surface area contributed by atoms with E-state index < -0.39 is 0 Å². The van der Waals surface area contributed by atoms with Crippen molar-refractivity contribution in [3.8, 4) is 11.8 Å². The van der Waals surface area contributed by atoms with Crippen LogP contribution in [0.15, 0.2) is 35.1 Å². The van der Waals surface area contributed by atoms with Gasteiger partial charge in [-0.1, -0.05) is 28.6 Å². The average Bonchev–Trinajstić information content (AvgIpc) is 2.96. The van der Waals surface area contributed by atoms with Crippen molar-refractivity contribution >= 4 is 5.91 Å². The van der Waals surface area contributed by atoms with Crippen molar-refractivity contribution in [2.45, 2.75) is 13.5 Å². The molecular weight excluding hydrogens is 254 g/mol. The zero-order valence-electron chi connectivity index (χ0n) is 11.1. The molecule has 20 heavy (non-hydrogen) atoms. The molecule has 0 bridgehead atoms. The van der Waals surface area contributed by atoms with Gasteiger partial charge in [0.1, 0.15) is 12.0 Å². The summed E-state index contributed by atoms with van der Waals surface area (Å²) in [6, 6.07) is 7.24. The number of aromatic nitrogens is 1. The highest BCUT2D eigenvalue weighted by atomic mass is 16.5. The third-order valence-corrected chi connectivity index (χ3v) is 2.67. The number of aryl methyl sites for hydroxylation is 1. The summed E-state index contributed by atoms with van der Waals surface area (Å²) in [5.74, 6) is 5.47. The Morgan fingerprint density at radius 1 is 1.45 bits per heavy atom. The molecule has 1 aromatic carbocycles. The van der Waals surface area contributed by atoms with E-state index in [2.05, 4.69) is 22.3 Å². The van der Waals surface area contributed by atoms with Gasteiger partial charge in [0.25, 0.3) is 5.91 Å². The van der Waals surface area contributed by atoms with Crippen LogP contribution < -0.4 is 11.1 Å². The third-order valence-electron chi connectivity index (χ3n) is 2.67. The molecular formula is C15H15N3O2. The fraction of sp³-hybridized carbons (Fsp3) is 0.200. The third kappa shape index (κ3) is 3.46. The molecule has 1 heterocycles. The minimum Gasteiger partial charge on any atom is -0.364 e. The molecule has 0 saturated carbocycles. The number of hydrogen-bond acceptors (Lipinski definition) is 4. The smallest absolute Gasteiger partial charge is 0.252 e. The lowest BCUT2D eigenvalue weighted by Gasteiger charge is -2.06. The van der Waals surface area contributed by atoms with Crippen LogP contribution in [0.5, 0.6) is 0 Å². The normalized spacial score (nSPS) is 9.70. The minimum atomic E-state index is -0.196. The van der Waals surface area contributed by atoms with E-state index in [1.807, 2.05) is 19.1 Å². The van der Waals surface area contributed by atoms with Gasteiger partial charge in [0.15, 0.2) is 0 Å². The van der Waals surface area contributed by atoms with Crippen LogP contribution in [0.3, 0.4) is 0 Å². The molecule has 1 amide bonds. The summed E-state index contributed by atoms with van der Waals surface area (Å²) in [5.41, 5.74) is 8.23. The molecule has 3 N–H and O–H groups in total. The molecule has 5 heteroatoms. The van der Waals surface area contributed by atoms with E-state index in [-0.39, 0.29) is 12.5 Å². The Morgan fingerprint density at radius 2 is 2.30 bits per heavy atom. The maximum absolute atomic E-state index is 12.2. The Kier molecular flexibility index (Phi) is 4.53. The molecule has 0 saturated heterocycles. The maximum atomic E-state index is 12.2. The number of nitrogens with zero attached hydrogens (tertiary/aromatic N) is 1. The highest BCUT2D eigenvalue weighted by molar-refractivity contribution is 5.96. The Balaban J connectivity index is 2.17. The van der Waals surface area contributed by atoms with E-state index in [9.17, 15) is 4.79 Å². The van der Waals surface area contributed by atoms with Crippen LogP contribution in [-0.4, -0.2) is 17.6 Å². The number of carbonyl (C=O) groups excluding carboxylic acids is 1. The standard InChI is InChI=1S/C15H15N3O2/c1-11-4-5-12(3-2-7-16)14(9-11)15(19)17-10-13-6-8-20-18-13/h4-6,8-9H,7,10,16H2,1H3,(H,17,19). The molecule has 2 rings (SSSR count). The summed E-state index contributed by atoms with van der Waals surface area (Å²) in [4.78, 5) is 12.2. The number of hydrogen-bond donors (Lipinski definition) is 2. The van der Waals surface area contributed by atoms with Gasteiger partial charge in [0.05, 0.1) is 18.7 Å². The molecule has 5 nitrogen and oxygen atoms in total. The average molecular weight is 269 g/mol. The second kappa shape index (κ2) is 6.55. The minimum absolute atomic E-state index is 0.196. The van der Waals surface area contributed by atoms with E-state index in [0.29, 0.717) is 23.4 Å². The van der Waals surface area contributed by atoms with Crippen LogP contribution in [0, 0.1) is 18.8 Å². The van der Waals surface area contributed by atoms with Gasteiger partial charge < -0.3 is 15.6 Å². The van der Waals surface area contributed by atoms with E-state index in [0.717, 1.165) is 5.56 Å². The lowest BCUT2D eigenvalue weighted by molar-refractivity contribution is 0.0950. The lowest BCUT2D eigenvalue weighted by Crippen LogP contribution is -2.24. The first kappa shape index (κ1) is 13.8. The zero-order valence-corrected chi connectivity index (χ0v) is 11.1. The lowest BCUT2D eigenvalue weighted by atomic mass is 10.0. The topological polar surface area (TPSA) is 81.2 Å². The molecule has 0 spiro atoms. The van der Waals surface area contributed by atoms with Crippen LogP contribution in [0.25, 0.3) is 0 Å². The molecule has 0 atom stereocenters. The van der Waals surface area contributed by atoms with Gasteiger partial charge in [-0.2, -0.15) is 0 Å². The van der Waals surface area contributed by atoms with Crippen molar-refractivity contribution in [3.05, 3.63) is 52.9 Å². The maximum Gasteiger partial charge on any atom is 0.252 e. The van der Waals surface area contributed by atoms with Crippen molar-refractivity contribution in [1.29, 1.82) is 0 Å². The van der Waals surface area contributed by atoms with E-state index in [4.69, 9.17) is 10.3 Å². The largest absolute Gasteiger partial charge is 0.364 e. The van der Waals surface area contributed by atoms with E-state index >= 15 is 0 Å². The molecule has 0 radical (unpaired) electrons. The van der Waals surface area contributed by atoms with Crippen molar-refractivity contribution < 1.29 is 9.32 Å². The fourth-order valence-corrected chi connectivity index (χ4v) is 1.70. The molecule has 102 valence electrons. The predicted octanol–water partition coefficient (Wildman–Crippen LogP) is 1.22. The van der Waals surface area contributed by atoms with Crippen molar-refractivity contribution in [1.82, 2.24) is 10.5 Å². The van der Waals surface area contributed by atoms with Gasteiger partial charge in [-0.3, -0.25) is 4.79 Å². The molecule has 0 aliphatic carbocycles. The van der Waals surface area contributed by atoms with Crippen LogP contribution in [-0.2, 0) is 6.54 Å².